The van der Waals surface area contributed by atoms with Gasteiger partial charge in [0.05, 0.1) is 24.8 Å². The van der Waals surface area contributed by atoms with Crippen molar-refractivity contribution >= 4 is 11.9 Å². The number of ether oxygens (including phenoxy) is 1. The molecule has 0 saturated carbocycles. The smallest absolute Gasteiger partial charge is 0.338 e. The van der Waals surface area contributed by atoms with Gasteiger partial charge in [0, 0.05) is 18.5 Å². The normalized spacial score (nSPS) is 19.3. The summed E-state index contributed by atoms with van der Waals surface area (Å²) in [6.45, 7) is 1.16. The summed E-state index contributed by atoms with van der Waals surface area (Å²) in [5.74, 6) is -0.698. The first-order chi connectivity index (χ1) is 13.6. The third kappa shape index (κ3) is 4.42. The van der Waals surface area contributed by atoms with Crippen molar-refractivity contribution < 1.29 is 19.4 Å². The highest BCUT2D eigenvalue weighted by Gasteiger charge is 2.37. The summed E-state index contributed by atoms with van der Waals surface area (Å²) in [5.41, 5.74) is 1.55. The second-order valence-electron chi connectivity index (χ2n) is 7.51. The standard InChI is InChI=1S/C23H27NO4/c1-28-22(27)20-11-6-5-10-19(20)21(26)24-15-7-13-23(16-24,17-25)14-12-18-8-3-2-4-9-18/h2-6,8-11,25H,7,12-17H2,1H3. The highest BCUT2D eigenvalue weighted by Crippen LogP contribution is 2.35. The molecular formula is C23H27NO4. The minimum absolute atomic E-state index is 0.0439. The second kappa shape index (κ2) is 9.02. The van der Waals surface area contributed by atoms with Crippen LogP contribution in [0.15, 0.2) is 54.6 Å². The Balaban J connectivity index is 1.76. The van der Waals surface area contributed by atoms with Crippen LogP contribution in [0.2, 0.25) is 0 Å². The molecule has 0 bridgehead atoms. The first kappa shape index (κ1) is 20.1. The van der Waals surface area contributed by atoms with E-state index in [9.17, 15) is 14.7 Å². The van der Waals surface area contributed by atoms with Gasteiger partial charge in [-0.25, -0.2) is 4.79 Å². The van der Waals surface area contributed by atoms with Gasteiger partial charge in [-0.05, 0) is 43.4 Å². The van der Waals surface area contributed by atoms with Gasteiger partial charge in [-0.2, -0.15) is 0 Å². The van der Waals surface area contributed by atoms with Crippen LogP contribution in [0.1, 0.15) is 45.5 Å². The fourth-order valence-electron chi connectivity index (χ4n) is 3.98. The summed E-state index contributed by atoms with van der Waals surface area (Å²) in [7, 11) is 1.31. The van der Waals surface area contributed by atoms with Crippen LogP contribution in [0.3, 0.4) is 0 Å². The molecule has 148 valence electrons. The zero-order chi connectivity index (χ0) is 20.0. The SMILES string of the molecule is COC(=O)c1ccccc1C(=O)N1CCCC(CO)(CCc2ccccc2)C1. The molecule has 1 heterocycles. The summed E-state index contributed by atoms with van der Waals surface area (Å²) in [5, 5.41) is 10.2. The van der Waals surface area contributed by atoms with E-state index in [1.54, 1.807) is 29.2 Å². The zero-order valence-electron chi connectivity index (χ0n) is 16.3. The second-order valence-corrected chi connectivity index (χ2v) is 7.51. The molecule has 1 unspecified atom stereocenters. The van der Waals surface area contributed by atoms with Gasteiger partial charge in [-0.1, -0.05) is 42.5 Å². The molecule has 5 heteroatoms. The van der Waals surface area contributed by atoms with Crippen molar-refractivity contribution in [3.8, 4) is 0 Å². The van der Waals surface area contributed by atoms with Gasteiger partial charge in [0.1, 0.15) is 0 Å². The highest BCUT2D eigenvalue weighted by molar-refractivity contribution is 6.05. The molecular weight excluding hydrogens is 354 g/mol. The van der Waals surface area contributed by atoms with E-state index in [0.717, 1.165) is 25.7 Å². The van der Waals surface area contributed by atoms with E-state index in [-0.39, 0.29) is 23.5 Å². The van der Waals surface area contributed by atoms with E-state index in [1.807, 2.05) is 18.2 Å². The summed E-state index contributed by atoms with van der Waals surface area (Å²) in [6, 6.07) is 16.9. The third-order valence-electron chi connectivity index (χ3n) is 5.63. The molecule has 0 aliphatic carbocycles. The van der Waals surface area contributed by atoms with Crippen molar-refractivity contribution in [1.29, 1.82) is 0 Å². The van der Waals surface area contributed by atoms with Crippen LogP contribution in [0.5, 0.6) is 0 Å². The average Bonchev–Trinajstić information content (AvgIpc) is 2.77. The van der Waals surface area contributed by atoms with E-state index in [1.165, 1.54) is 12.7 Å². The number of nitrogens with zero attached hydrogens (tertiary/aromatic N) is 1. The number of aliphatic hydroxyl groups excluding tert-OH is 1. The Morgan fingerprint density at radius 2 is 1.75 bits per heavy atom. The van der Waals surface area contributed by atoms with Crippen LogP contribution < -0.4 is 0 Å². The molecule has 0 spiro atoms. The number of aliphatic hydroxyl groups is 1. The van der Waals surface area contributed by atoms with Crippen molar-refractivity contribution in [1.82, 2.24) is 4.90 Å². The van der Waals surface area contributed by atoms with Crippen LogP contribution in [-0.4, -0.2) is 48.7 Å². The quantitative estimate of drug-likeness (QED) is 0.780. The molecule has 5 nitrogen and oxygen atoms in total. The average molecular weight is 381 g/mol. The van der Waals surface area contributed by atoms with Gasteiger partial charge in [-0.15, -0.1) is 0 Å². The van der Waals surface area contributed by atoms with Crippen LogP contribution in [0.4, 0.5) is 0 Å². The summed E-state index contributed by atoms with van der Waals surface area (Å²) < 4.78 is 4.81. The lowest BCUT2D eigenvalue weighted by atomic mass is 9.76. The number of piperidine rings is 1. The molecule has 3 rings (SSSR count). The van der Waals surface area contributed by atoms with Crippen molar-refractivity contribution in [2.75, 3.05) is 26.8 Å². The van der Waals surface area contributed by atoms with Crippen LogP contribution in [0, 0.1) is 5.41 Å². The molecule has 1 fully saturated rings. The Kier molecular flexibility index (Phi) is 6.47. The van der Waals surface area contributed by atoms with Gasteiger partial charge in [0.25, 0.3) is 5.91 Å². The molecule has 0 radical (unpaired) electrons. The lowest BCUT2D eigenvalue weighted by Gasteiger charge is -2.42. The monoisotopic (exact) mass is 381 g/mol. The van der Waals surface area contributed by atoms with Crippen molar-refractivity contribution in [2.45, 2.75) is 25.7 Å². The van der Waals surface area contributed by atoms with Crippen LogP contribution >= 0.6 is 0 Å². The van der Waals surface area contributed by atoms with E-state index < -0.39 is 5.97 Å². The van der Waals surface area contributed by atoms with Crippen LogP contribution in [0.25, 0.3) is 0 Å². The maximum Gasteiger partial charge on any atom is 0.338 e. The predicted octanol–water partition coefficient (Wildman–Crippen LogP) is 3.32. The molecule has 2 aromatic rings. The Bertz CT molecular complexity index is 820. The Hall–Kier alpha value is -2.66. The Morgan fingerprint density at radius 1 is 1.07 bits per heavy atom. The largest absolute Gasteiger partial charge is 0.465 e. The number of esters is 1. The maximum atomic E-state index is 13.2. The van der Waals surface area contributed by atoms with Gasteiger partial charge in [0.2, 0.25) is 0 Å². The highest BCUT2D eigenvalue weighted by atomic mass is 16.5. The number of rotatable bonds is 6. The van der Waals surface area contributed by atoms with Crippen molar-refractivity contribution in [3.05, 3.63) is 71.3 Å². The van der Waals surface area contributed by atoms with Gasteiger partial charge in [0.15, 0.2) is 0 Å². The minimum Gasteiger partial charge on any atom is -0.465 e. The molecule has 2 aromatic carbocycles. The topological polar surface area (TPSA) is 66.8 Å². The molecule has 1 amide bonds. The predicted molar refractivity (Wildman–Crippen MR) is 107 cm³/mol. The summed E-state index contributed by atoms with van der Waals surface area (Å²) in [6.07, 6.45) is 3.40. The zero-order valence-corrected chi connectivity index (χ0v) is 16.3. The maximum absolute atomic E-state index is 13.2. The molecule has 1 N–H and O–H groups in total. The molecule has 28 heavy (non-hydrogen) atoms. The molecule has 1 aliphatic heterocycles. The van der Waals surface area contributed by atoms with E-state index in [0.29, 0.717) is 18.7 Å². The first-order valence-electron chi connectivity index (χ1n) is 9.70. The van der Waals surface area contributed by atoms with Gasteiger partial charge in [-0.3, -0.25) is 4.79 Å². The number of carbonyl (C=O) groups excluding carboxylic acids is 2. The fraction of sp³-hybridized carbons (Fsp3) is 0.391. The number of methoxy groups -OCH3 is 1. The summed E-state index contributed by atoms with van der Waals surface area (Å²) >= 11 is 0. The minimum atomic E-state index is -0.515. The Labute approximate surface area is 165 Å². The molecule has 1 aliphatic rings. The first-order valence-corrected chi connectivity index (χ1v) is 9.70. The number of amides is 1. The fourth-order valence-corrected chi connectivity index (χ4v) is 3.98. The number of benzene rings is 2. The third-order valence-corrected chi connectivity index (χ3v) is 5.63. The van der Waals surface area contributed by atoms with E-state index in [2.05, 4.69) is 12.1 Å². The number of aryl methyl sites for hydroxylation is 1. The van der Waals surface area contributed by atoms with Crippen molar-refractivity contribution in [3.63, 3.8) is 0 Å². The summed E-state index contributed by atoms with van der Waals surface area (Å²) in [4.78, 5) is 27.0. The van der Waals surface area contributed by atoms with Gasteiger partial charge < -0.3 is 14.7 Å². The van der Waals surface area contributed by atoms with Gasteiger partial charge >= 0.3 is 5.97 Å². The van der Waals surface area contributed by atoms with E-state index >= 15 is 0 Å². The molecule has 1 saturated heterocycles. The number of likely N-dealkylation sites (tertiary alicyclic amines) is 1. The van der Waals surface area contributed by atoms with Crippen molar-refractivity contribution in [2.24, 2.45) is 5.41 Å². The van der Waals surface area contributed by atoms with E-state index in [4.69, 9.17) is 4.74 Å². The lowest BCUT2D eigenvalue weighted by molar-refractivity contribution is 0.0225. The van der Waals surface area contributed by atoms with Crippen LogP contribution in [-0.2, 0) is 11.2 Å². The number of hydrogen-bond donors (Lipinski definition) is 1. The Morgan fingerprint density at radius 3 is 2.43 bits per heavy atom. The molecule has 0 aromatic heterocycles. The molecule has 1 atom stereocenters. The lowest BCUT2D eigenvalue weighted by Crippen LogP contribution is -2.48. The number of hydrogen-bond acceptors (Lipinski definition) is 4. The number of carbonyl (C=O) groups is 2.